The first kappa shape index (κ1) is 22.0. The van der Waals surface area contributed by atoms with Gasteiger partial charge >= 0.3 is 12.1 Å². The number of nitrogens with one attached hydrogen (secondary N) is 1. The van der Waals surface area contributed by atoms with Crippen molar-refractivity contribution in [3.8, 4) is 5.69 Å². The first-order valence-electron chi connectivity index (χ1n) is 9.87. The Hall–Kier alpha value is -4.21. The lowest BCUT2D eigenvalue weighted by molar-refractivity contribution is -0.143. The van der Waals surface area contributed by atoms with E-state index in [0.717, 1.165) is 17.1 Å². The molecule has 1 amide bonds. The van der Waals surface area contributed by atoms with Crippen molar-refractivity contribution in [2.75, 3.05) is 11.9 Å². The summed E-state index contributed by atoms with van der Waals surface area (Å²) in [6, 6.07) is 14.3. The molecule has 10 heteroatoms. The maximum atomic E-state index is 13.7. The van der Waals surface area contributed by atoms with E-state index in [0.29, 0.717) is 10.4 Å². The number of anilines is 1. The van der Waals surface area contributed by atoms with Gasteiger partial charge in [-0.3, -0.25) is 9.78 Å². The van der Waals surface area contributed by atoms with Crippen LogP contribution in [-0.2, 0) is 10.9 Å². The maximum absolute atomic E-state index is 13.7. The van der Waals surface area contributed by atoms with Gasteiger partial charge in [-0.2, -0.15) is 18.3 Å². The number of ether oxygens (including phenoxy) is 1. The highest BCUT2D eigenvalue weighted by atomic mass is 19.4. The number of carbonyl (C=O) groups excluding carboxylic acids is 2. The Bertz CT molecular complexity index is 1330. The number of carbonyl (C=O) groups is 2. The zero-order valence-electron chi connectivity index (χ0n) is 17.3. The predicted octanol–water partition coefficient (Wildman–Crippen LogP) is 4.87. The number of fused-ring (bicyclic) bond motifs is 1. The number of alkyl halides is 3. The number of rotatable bonds is 5. The van der Waals surface area contributed by atoms with Crippen LogP contribution in [0.5, 0.6) is 0 Å². The van der Waals surface area contributed by atoms with Crippen molar-refractivity contribution in [2.45, 2.75) is 13.1 Å². The molecule has 0 spiro atoms. The third-order valence-electron chi connectivity index (χ3n) is 4.77. The van der Waals surface area contributed by atoms with Gasteiger partial charge in [0.25, 0.3) is 5.91 Å². The van der Waals surface area contributed by atoms with Crippen molar-refractivity contribution in [1.82, 2.24) is 14.8 Å². The van der Waals surface area contributed by atoms with Gasteiger partial charge in [0.1, 0.15) is 5.56 Å². The SMILES string of the molecule is CCOC(=O)c1cnn(-c2ccc(C(=O)Nc3ccc4ncccc4c3)cc2)c1C(F)(F)F. The van der Waals surface area contributed by atoms with Gasteiger partial charge in [-0.15, -0.1) is 0 Å². The van der Waals surface area contributed by atoms with E-state index in [1.165, 1.54) is 31.2 Å². The fourth-order valence-electron chi connectivity index (χ4n) is 3.29. The summed E-state index contributed by atoms with van der Waals surface area (Å²) in [6.07, 6.45) is -2.36. The number of nitrogens with zero attached hydrogens (tertiary/aromatic N) is 3. The van der Waals surface area contributed by atoms with Crippen LogP contribution in [0.3, 0.4) is 0 Å². The van der Waals surface area contributed by atoms with E-state index in [4.69, 9.17) is 4.74 Å². The van der Waals surface area contributed by atoms with Gasteiger partial charge < -0.3 is 10.1 Å². The molecule has 1 N–H and O–H groups in total. The quantitative estimate of drug-likeness (QED) is 0.435. The van der Waals surface area contributed by atoms with Crippen LogP contribution >= 0.6 is 0 Å². The van der Waals surface area contributed by atoms with Gasteiger partial charge in [-0.05, 0) is 55.5 Å². The van der Waals surface area contributed by atoms with Crippen molar-refractivity contribution in [1.29, 1.82) is 0 Å². The van der Waals surface area contributed by atoms with Crippen LogP contribution in [0.25, 0.3) is 16.6 Å². The minimum absolute atomic E-state index is 0.0335. The number of hydrogen-bond acceptors (Lipinski definition) is 5. The van der Waals surface area contributed by atoms with Crippen LogP contribution in [-0.4, -0.2) is 33.2 Å². The van der Waals surface area contributed by atoms with Crippen LogP contribution in [0.1, 0.15) is 33.3 Å². The average molecular weight is 454 g/mol. The lowest BCUT2D eigenvalue weighted by atomic mass is 10.1. The fourth-order valence-corrected chi connectivity index (χ4v) is 3.29. The minimum Gasteiger partial charge on any atom is -0.462 e. The topological polar surface area (TPSA) is 86.1 Å². The Morgan fingerprint density at radius 3 is 2.55 bits per heavy atom. The largest absolute Gasteiger partial charge is 0.462 e. The monoisotopic (exact) mass is 454 g/mol. The molecule has 0 saturated heterocycles. The molecule has 33 heavy (non-hydrogen) atoms. The second kappa shape index (κ2) is 8.73. The Balaban J connectivity index is 1.59. The molecule has 2 heterocycles. The number of aromatic nitrogens is 3. The summed E-state index contributed by atoms with van der Waals surface area (Å²) in [5.41, 5.74) is -0.334. The molecule has 4 aromatic rings. The molecular formula is C23H17F3N4O3. The van der Waals surface area contributed by atoms with E-state index < -0.39 is 29.3 Å². The van der Waals surface area contributed by atoms with E-state index in [1.54, 1.807) is 30.5 Å². The summed E-state index contributed by atoms with van der Waals surface area (Å²) in [5, 5.41) is 7.31. The van der Waals surface area contributed by atoms with Crippen molar-refractivity contribution in [3.05, 3.63) is 83.8 Å². The van der Waals surface area contributed by atoms with Crippen molar-refractivity contribution in [3.63, 3.8) is 0 Å². The van der Waals surface area contributed by atoms with Gasteiger partial charge in [-0.1, -0.05) is 6.07 Å². The number of hydrogen-bond donors (Lipinski definition) is 1. The number of benzene rings is 2. The van der Waals surface area contributed by atoms with E-state index >= 15 is 0 Å². The van der Waals surface area contributed by atoms with Crippen LogP contribution in [0.15, 0.2) is 67.0 Å². The first-order chi connectivity index (χ1) is 15.8. The Kier molecular flexibility index (Phi) is 5.82. The number of amides is 1. The van der Waals surface area contributed by atoms with E-state index in [2.05, 4.69) is 15.4 Å². The van der Waals surface area contributed by atoms with E-state index in [1.807, 2.05) is 6.07 Å². The van der Waals surface area contributed by atoms with Crippen LogP contribution < -0.4 is 5.32 Å². The fraction of sp³-hybridized carbons (Fsp3) is 0.130. The molecule has 0 atom stereocenters. The van der Waals surface area contributed by atoms with Gasteiger partial charge in [-0.25, -0.2) is 9.48 Å². The third kappa shape index (κ3) is 4.54. The molecule has 0 aliphatic rings. The highest BCUT2D eigenvalue weighted by molar-refractivity contribution is 6.05. The molecule has 0 unspecified atom stereocenters. The Morgan fingerprint density at radius 2 is 1.85 bits per heavy atom. The molecule has 0 saturated carbocycles. The highest BCUT2D eigenvalue weighted by Gasteiger charge is 2.41. The second-order valence-electron chi connectivity index (χ2n) is 6.95. The number of pyridine rings is 1. The van der Waals surface area contributed by atoms with Gasteiger partial charge in [0.2, 0.25) is 0 Å². The minimum atomic E-state index is -4.85. The Labute approximate surface area is 185 Å². The summed E-state index contributed by atoms with van der Waals surface area (Å²) < 4.78 is 46.3. The van der Waals surface area contributed by atoms with Gasteiger partial charge in [0.15, 0.2) is 5.69 Å². The Morgan fingerprint density at radius 1 is 1.09 bits per heavy atom. The lowest BCUT2D eigenvalue weighted by Gasteiger charge is -2.13. The van der Waals surface area contributed by atoms with Crippen molar-refractivity contribution < 1.29 is 27.5 Å². The second-order valence-corrected chi connectivity index (χ2v) is 6.95. The zero-order chi connectivity index (χ0) is 23.6. The average Bonchev–Trinajstić information content (AvgIpc) is 3.25. The number of halogens is 3. The molecule has 0 aliphatic carbocycles. The molecule has 0 fully saturated rings. The van der Waals surface area contributed by atoms with E-state index in [-0.39, 0.29) is 17.9 Å². The third-order valence-corrected chi connectivity index (χ3v) is 4.77. The molecule has 168 valence electrons. The molecule has 0 radical (unpaired) electrons. The summed E-state index contributed by atoms with van der Waals surface area (Å²) >= 11 is 0. The molecule has 4 rings (SSSR count). The summed E-state index contributed by atoms with van der Waals surface area (Å²) in [6.45, 7) is 1.42. The molecule has 0 aliphatic heterocycles. The molecule has 0 bridgehead atoms. The van der Waals surface area contributed by atoms with Crippen LogP contribution in [0.2, 0.25) is 0 Å². The summed E-state index contributed by atoms with van der Waals surface area (Å²) in [4.78, 5) is 28.7. The maximum Gasteiger partial charge on any atom is 0.434 e. The first-order valence-corrected chi connectivity index (χ1v) is 9.87. The molecule has 7 nitrogen and oxygen atoms in total. The molecule has 2 aromatic carbocycles. The summed E-state index contributed by atoms with van der Waals surface area (Å²) in [5.74, 6) is -1.55. The molecular weight excluding hydrogens is 437 g/mol. The smallest absolute Gasteiger partial charge is 0.434 e. The zero-order valence-corrected chi connectivity index (χ0v) is 17.3. The van der Waals surface area contributed by atoms with Crippen LogP contribution in [0, 0.1) is 0 Å². The highest BCUT2D eigenvalue weighted by Crippen LogP contribution is 2.34. The standard InChI is InChI=1S/C23H17F3N4O3/c1-2-33-22(32)18-13-28-30(20(18)23(24,25)26)17-8-5-14(6-9-17)21(31)29-16-7-10-19-15(12-16)4-3-11-27-19/h3-13H,2H2,1H3,(H,29,31). The normalized spacial score (nSPS) is 11.4. The van der Waals surface area contributed by atoms with Gasteiger partial charge in [0, 0.05) is 22.8 Å². The van der Waals surface area contributed by atoms with Crippen molar-refractivity contribution in [2.24, 2.45) is 0 Å². The molecule has 2 aromatic heterocycles. The predicted molar refractivity (Wildman–Crippen MR) is 114 cm³/mol. The number of esters is 1. The summed E-state index contributed by atoms with van der Waals surface area (Å²) in [7, 11) is 0. The van der Waals surface area contributed by atoms with Gasteiger partial charge in [0.05, 0.1) is 24.0 Å². The van der Waals surface area contributed by atoms with Crippen LogP contribution in [0.4, 0.5) is 18.9 Å². The van der Waals surface area contributed by atoms with E-state index in [9.17, 15) is 22.8 Å². The lowest BCUT2D eigenvalue weighted by Crippen LogP contribution is -2.18. The van der Waals surface area contributed by atoms with Crippen molar-refractivity contribution >= 4 is 28.5 Å².